The van der Waals surface area contributed by atoms with Gasteiger partial charge >= 0.3 is 0 Å². The van der Waals surface area contributed by atoms with E-state index in [1.165, 1.54) is 0 Å². The first-order valence-electron chi connectivity index (χ1n) is 3.00. The molecule has 0 bridgehead atoms. The fraction of sp³-hybridized carbons (Fsp3) is 0. The van der Waals surface area contributed by atoms with Crippen LogP contribution in [0.2, 0.25) is 0 Å². The Bertz CT molecular complexity index is 393. The highest BCUT2D eigenvalue weighted by Crippen LogP contribution is 2.24. The molecule has 0 aromatic heterocycles. The second-order valence-electron chi connectivity index (χ2n) is 2.15. The van der Waals surface area contributed by atoms with Gasteiger partial charge in [0.1, 0.15) is 4.90 Å². The number of hydrogen-bond acceptors (Lipinski definition) is 1. The Morgan fingerprint density at radius 3 is 1.33 bits per heavy atom. The van der Waals surface area contributed by atoms with Gasteiger partial charge in [-0.2, -0.15) is 0 Å². The Hall–Kier alpha value is -1.06. The first-order valence-corrected chi connectivity index (χ1v) is 4.11. The van der Waals surface area contributed by atoms with Crippen LogP contribution in [0.5, 0.6) is 0 Å². The third-order valence-electron chi connectivity index (χ3n) is 1.34. The van der Waals surface area contributed by atoms with Crippen molar-refractivity contribution in [3.63, 3.8) is 0 Å². The molecule has 3 N–H and O–H groups in total. The van der Waals surface area contributed by atoms with Crippen LogP contribution in [0.4, 0.5) is 22.0 Å². The molecule has 86 valence electrons. The molecular weight excluding hydrogens is 247 g/mol. The molecule has 9 heteroatoms. The Kier molecular flexibility index (Phi) is 4.31. The quantitative estimate of drug-likeness (QED) is 0.351. The molecule has 0 aliphatic heterocycles. The minimum Gasteiger partial charge on any atom is -0.412 e. The van der Waals surface area contributed by atoms with E-state index in [1.54, 1.807) is 0 Å². The predicted molar refractivity (Wildman–Crippen MR) is 38.9 cm³/mol. The van der Waals surface area contributed by atoms with Crippen molar-refractivity contribution >= 4 is 11.1 Å². The SMILES string of the molecule is O.O=S(O)c1c(F)c(F)c(F)c(F)c1F. The number of rotatable bonds is 1. The van der Waals surface area contributed by atoms with Crippen LogP contribution in [-0.4, -0.2) is 14.2 Å². The Balaban J connectivity index is 0.00000196. The zero-order valence-electron chi connectivity index (χ0n) is 6.65. The van der Waals surface area contributed by atoms with E-state index in [0.717, 1.165) is 0 Å². The Morgan fingerprint density at radius 1 is 0.800 bits per heavy atom. The zero-order valence-corrected chi connectivity index (χ0v) is 7.47. The molecule has 0 saturated heterocycles. The van der Waals surface area contributed by atoms with Gasteiger partial charge in [-0.15, -0.1) is 0 Å². The summed E-state index contributed by atoms with van der Waals surface area (Å²) in [7, 11) is 0. The van der Waals surface area contributed by atoms with E-state index in [1.807, 2.05) is 0 Å². The second-order valence-corrected chi connectivity index (χ2v) is 3.05. The van der Waals surface area contributed by atoms with Gasteiger partial charge in [-0.1, -0.05) is 0 Å². The van der Waals surface area contributed by atoms with Crippen LogP contribution in [0.3, 0.4) is 0 Å². The highest BCUT2D eigenvalue weighted by Gasteiger charge is 2.28. The monoisotopic (exact) mass is 250 g/mol. The lowest BCUT2D eigenvalue weighted by molar-refractivity contribution is 0.356. The molecular formula is C6H3F5O3S. The number of halogens is 5. The summed E-state index contributed by atoms with van der Waals surface area (Å²) in [5.41, 5.74) is 0. The Morgan fingerprint density at radius 2 is 1.07 bits per heavy atom. The van der Waals surface area contributed by atoms with Crippen LogP contribution in [0.15, 0.2) is 4.90 Å². The van der Waals surface area contributed by atoms with Crippen molar-refractivity contribution in [1.82, 2.24) is 0 Å². The van der Waals surface area contributed by atoms with Gasteiger partial charge in [0.25, 0.3) is 0 Å². The van der Waals surface area contributed by atoms with Gasteiger partial charge in [-0.3, -0.25) is 0 Å². The third-order valence-corrected chi connectivity index (χ3v) is 2.05. The number of benzene rings is 1. The normalized spacial score (nSPS) is 12.1. The highest BCUT2D eigenvalue weighted by molar-refractivity contribution is 7.79. The van der Waals surface area contributed by atoms with Crippen LogP contribution in [0.1, 0.15) is 0 Å². The molecule has 1 rings (SSSR count). The summed E-state index contributed by atoms with van der Waals surface area (Å²) in [6, 6.07) is 0. The van der Waals surface area contributed by atoms with Crippen molar-refractivity contribution < 1.29 is 36.2 Å². The highest BCUT2D eigenvalue weighted by atomic mass is 32.2. The molecule has 0 aliphatic rings. The molecule has 0 aliphatic carbocycles. The lowest BCUT2D eigenvalue weighted by Crippen LogP contribution is -2.08. The lowest BCUT2D eigenvalue weighted by Gasteiger charge is -2.03. The molecule has 1 unspecified atom stereocenters. The van der Waals surface area contributed by atoms with Gasteiger partial charge in [-0.25, -0.2) is 26.2 Å². The predicted octanol–water partition coefficient (Wildman–Crippen LogP) is 1.14. The smallest absolute Gasteiger partial charge is 0.200 e. The minimum atomic E-state index is -3.28. The molecule has 1 aromatic rings. The summed E-state index contributed by atoms with van der Waals surface area (Å²) in [4.78, 5) is -1.75. The van der Waals surface area contributed by atoms with Gasteiger partial charge in [0.2, 0.25) is 5.82 Å². The van der Waals surface area contributed by atoms with Crippen molar-refractivity contribution in [1.29, 1.82) is 0 Å². The minimum absolute atomic E-state index is 0. The molecule has 0 fully saturated rings. The average molecular weight is 250 g/mol. The van der Waals surface area contributed by atoms with Crippen molar-refractivity contribution in [2.75, 3.05) is 0 Å². The maximum absolute atomic E-state index is 12.6. The summed E-state index contributed by atoms with van der Waals surface area (Å²) in [6.07, 6.45) is 0. The van der Waals surface area contributed by atoms with Gasteiger partial charge < -0.3 is 10.0 Å². The van der Waals surface area contributed by atoms with Crippen LogP contribution >= 0.6 is 0 Å². The molecule has 0 radical (unpaired) electrons. The van der Waals surface area contributed by atoms with E-state index in [4.69, 9.17) is 4.55 Å². The molecule has 0 amide bonds. The first-order chi connectivity index (χ1) is 6.37. The molecule has 15 heavy (non-hydrogen) atoms. The van der Waals surface area contributed by atoms with Crippen molar-refractivity contribution in [3.8, 4) is 0 Å². The summed E-state index contributed by atoms with van der Waals surface area (Å²) in [6.45, 7) is 0. The topological polar surface area (TPSA) is 68.8 Å². The van der Waals surface area contributed by atoms with Crippen LogP contribution in [-0.2, 0) is 11.1 Å². The third kappa shape index (κ3) is 2.13. The van der Waals surface area contributed by atoms with Crippen molar-refractivity contribution in [2.24, 2.45) is 0 Å². The van der Waals surface area contributed by atoms with E-state index in [0.29, 0.717) is 0 Å². The van der Waals surface area contributed by atoms with Crippen molar-refractivity contribution in [3.05, 3.63) is 29.1 Å². The maximum atomic E-state index is 12.6. The summed E-state index contributed by atoms with van der Waals surface area (Å²) in [5.74, 6) is -11.5. The fourth-order valence-electron chi connectivity index (χ4n) is 0.738. The molecule has 1 aromatic carbocycles. The molecule has 0 saturated carbocycles. The lowest BCUT2D eigenvalue weighted by atomic mass is 10.3. The molecule has 0 spiro atoms. The number of hydrogen-bond donors (Lipinski definition) is 1. The van der Waals surface area contributed by atoms with Gasteiger partial charge in [0, 0.05) is 0 Å². The van der Waals surface area contributed by atoms with Gasteiger partial charge in [0.15, 0.2) is 34.3 Å². The largest absolute Gasteiger partial charge is 0.412 e. The molecule has 1 atom stereocenters. The van der Waals surface area contributed by atoms with Crippen LogP contribution in [0.25, 0.3) is 0 Å². The van der Waals surface area contributed by atoms with E-state index < -0.39 is 45.1 Å². The zero-order chi connectivity index (χ0) is 11.0. The first kappa shape index (κ1) is 13.9. The van der Waals surface area contributed by atoms with E-state index in [-0.39, 0.29) is 5.48 Å². The maximum Gasteiger partial charge on any atom is 0.200 e. The fourth-order valence-corrected chi connectivity index (χ4v) is 1.22. The van der Waals surface area contributed by atoms with Crippen molar-refractivity contribution in [2.45, 2.75) is 4.90 Å². The van der Waals surface area contributed by atoms with Gasteiger partial charge in [0.05, 0.1) is 0 Å². The van der Waals surface area contributed by atoms with E-state index >= 15 is 0 Å². The molecule has 0 heterocycles. The standard InChI is InChI=1S/C6HF5O2S.H2O/c7-1-2(8)4(10)6(14(12)13)5(11)3(1)9;/h(H,12,13);1H2. The summed E-state index contributed by atoms with van der Waals surface area (Å²) < 4.78 is 80.7. The average Bonchev–Trinajstić information content (AvgIpc) is 2.11. The second kappa shape index (κ2) is 4.64. The van der Waals surface area contributed by atoms with E-state index in [9.17, 15) is 26.2 Å². The Labute approximate surface area is 82.1 Å². The van der Waals surface area contributed by atoms with Crippen LogP contribution < -0.4 is 0 Å². The van der Waals surface area contributed by atoms with Crippen LogP contribution in [0, 0.1) is 29.1 Å². The molecule has 3 nitrogen and oxygen atoms in total. The van der Waals surface area contributed by atoms with E-state index in [2.05, 4.69) is 0 Å². The summed E-state index contributed by atoms with van der Waals surface area (Å²) in [5, 5.41) is 0. The summed E-state index contributed by atoms with van der Waals surface area (Å²) >= 11 is -3.28. The van der Waals surface area contributed by atoms with Gasteiger partial charge in [-0.05, 0) is 0 Å².